The minimum absolute atomic E-state index is 0.184. The fourth-order valence-electron chi connectivity index (χ4n) is 2.32. The summed E-state index contributed by atoms with van der Waals surface area (Å²) in [7, 11) is 0. The van der Waals surface area contributed by atoms with Crippen LogP contribution in [-0.2, 0) is 0 Å². The van der Waals surface area contributed by atoms with E-state index in [-0.39, 0.29) is 5.75 Å². The Balaban J connectivity index is 2.02. The van der Waals surface area contributed by atoms with Crippen molar-refractivity contribution in [1.82, 2.24) is 5.32 Å². The molecular weight excluding hydrogens is 269 g/mol. The van der Waals surface area contributed by atoms with E-state index in [1.165, 1.54) is 12.1 Å². The van der Waals surface area contributed by atoms with Crippen molar-refractivity contribution in [2.24, 2.45) is 5.92 Å². The van der Waals surface area contributed by atoms with Crippen LogP contribution in [0.15, 0.2) is 24.3 Å². The molecule has 0 aromatic heterocycles. The summed E-state index contributed by atoms with van der Waals surface area (Å²) in [5.74, 6) is 0.336. The number of piperazine rings is 1. The molecular formula is C14H19F3N2O. The summed E-state index contributed by atoms with van der Waals surface area (Å²) in [6.07, 6.45) is -4.64. The third-order valence-electron chi connectivity index (χ3n) is 3.45. The number of nitrogens with one attached hydrogen (secondary N) is 1. The highest BCUT2D eigenvalue weighted by molar-refractivity contribution is 5.49. The van der Waals surface area contributed by atoms with Gasteiger partial charge in [-0.25, -0.2) is 0 Å². The molecule has 1 N–H and O–H groups in total. The maximum absolute atomic E-state index is 12.1. The van der Waals surface area contributed by atoms with Gasteiger partial charge in [-0.05, 0) is 30.2 Å². The summed E-state index contributed by atoms with van der Waals surface area (Å²) in [6, 6.07) is 6.45. The number of benzene rings is 1. The van der Waals surface area contributed by atoms with Crippen molar-refractivity contribution in [3.63, 3.8) is 0 Å². The highest BCUT2D eigenvalue weighted by atomic mass is 19.4. The summed E-state index contributed by atoms with van der Waals surface area (Å²) in [5, 5.41) is 3.45. The number of alkyl halides is 3. The van der Waals surface area contributed by atoms with Crippen LogP contribution in [0, 0.1) is 5.92 Å². The molecule has 2 rings (SSSR count). The average molecular weight is 288 g/mol. The van der Waals surface area contributed by atoms with Crippen LogP contribution in [0.1, 0.15) is 13.8 Å². The van der Waals surface area contributed by atoms with Gasteiger partial charge in [-0.2, -0.15) is 0 Å². The zero-order chi connectivity index (χ0) is 14.8. The van der Waals surface area contributed by atoms with Crippen LogP contribution in [0.3, 0.4) is 0 Å². The Morgan fingerprint density at radius 2 is 1.90 bits per heavy atom. The number of hydrogen-bond donors (Lipinski definition) is 1. The number of hydrogen-bond acceptors (Lipinski definition) is 3. The van der Waals surface area contributed by atoms with E-state index in [1.54, 1.807) is 12.1 Å². The van der Waals surface area contributed by atoms with E-state index in [0.29, 0.717) is 12.0 Å². The van der Waals surface area contributed by atoms with Crippen molar-refractivity contribution in [2.75, 3.05) is 24.5 Å². The van der Waals surface area contributed by atoms with Crippen LogP contribution in [0.5, 0.6) is 5.75 Å². The first kappa shape index (κ1) is 15.0. The van der Waals surface area contributed by atoms with Gasteiger partial charge in [0, 0.05) is 31.4 Å². The number of anilines is 1. The zero-order valence-corrected chi connectivity index (χ0v) is 11.6. The van der Waals surface area contributed by atoms with E-state index < -0.39 is 6.36 Å². The van der Waals surface area contributed by atoms with Crippen LogP contribution in [0.25, 0.3) is 0 Å². The Morgan fingerprint density at radius 1 is 1.25 bits per heavy atom. The SMILES string of the molecule is CC(C)C1CN(c2ccc(OC(F)(F)F)cc2)CCN1. The van der Waals surface area contributed by atoms with Crippen LogP contribution in [0.4, 0.5) is 18.9 Å². The van der Waals surface area contributed by atoms with Crippen molar-refractivity contribution in [3.05, 3.63) is 24.3 Å². The summed E-state index contributed by atoms with van der Waals surface area (Å²) >= 11 is 0. The molecule has 1 atom stereocenters. The van der Waals surface area contributed by atoms with Gasteiger partial charge in [-0.1, -0.05) is 13.8 Å². The van der Waals surface area contributed by atoms with Crippen molar-refractivity contribution in [1.29, 1.82) is 0 Å². The maximum atomic E-state index is 12.1. The molecule has 3 nitrogen and oxygen atoms in total. The molecule has 0 spiro atoms. The van der Waals surface area contributed by atoms with Gasteiger partial charge in [0.15, 0.2) is 0 Å². The number of nitrogens with zero attached hydrogens (tertiary/aromatic N) is 1. The number of rotatable bonds is 3. The lowest BCUT2D eigenvalue weighted by Crippen LogP contribution is -2.52. The van der Waals surface area contributed by atoms with Crippen LogP contribution >= 0.6 is 0 Å². The van der Waals surface area contributed by atoms with Crippen LogP contribution in [0.2, 0.25) is 0 Å². The van der Waals surface area contributed by atoms with E-state index in [2.05, 4.69) is 28.8 Å². The monoisotopic (exact) mass is 288 g/mol. The molecule has 0 amide bonds. The van der Waals surface area contributed by atoms with Gasteiger partial charge >= 0.3 is 6.36 Å². The van der Waals surface area contributed by atoms with Gasteiger partial charge in [-0.15, -0.1) is 13.2 Å². The first-order valence-corrected chi connectivity index (χ1v) is 6.69. The van der Waals surface area contributed by atoms with E-state index in [1.807, 2.05) is 0 Å². The van der Waals surface area contributed by atoms with E-state index in [4.69, 9.17) is 0 Å². The van der Waals surface area contributed by atoms with Crippen LogP contribution in [-0.4, -0.2) is 32.0 Å². The van der Waals surface area contributed by atoms with Crippen LogP contribution < -0.4 is 15.0 Å². The van der Waals surface area contributed by atoms with E-state index in [9.17, 15) is 13.2 Å². The van der Waals surface area contributed by atoms with Gasteiger partial charge in [0.05, 0.1) is 0 Å². The lowest BCUT2D eigenvalue weighted by molar-refractivity contribution is -0.274. The second kappa shape index (κ2) is 5.91. The summed E-state index contributed by atoms with van der Waals surface area (Å²) in [4.78, 5) is 2.18. The molecule has 1 fully saturated rings. The van der Waals surface area contributed by atoms with E-state index in [0.717, 1.165) is 25.3 Å². The minimum atomic E-state index is -4.64. The maximum Gasteiger partial charge on any atom is 0.573 e. The molecule has 112 valence electrons. The smallest absolute Gasteiger partial charge is 0.406 e. The topological polar surface area (TPSA) is 24.5 Å². The molecule has 1 aromatic carbocycles. The Labute approximate surface area is 116 Å². The van der Waals surface area contributed by atoms with Crippen molar-refractivity contribution in [2.45, 2.75) is 26.3 Å². The first-order valence-electron chi connectivity index (χ1n) is 6.69. The van der Waals surface area contributed by atoms with Gasteiger partial charge < -0.3 is 15.0 Å². The predicted molar refractivity (Wildman–Crippen MR) is 72.0 cm³/mol. The van der Waals surface area contributed by atoms with Crippen molar-refractivity contribution in [3.8, 4) is 5.75 Å². The van der Waals surface area contributed by atoms with Gasteiger partial charge in [-0.3, -0.25) is 0 Å². The Morgan fingerprint density at radius 3 is 2.45 bits per heavy atom. The highest BCUT2D eigenvalue weighted by Gasteiger charge is 2.31. The molecule has 0 saturated carbocycles. The number of halogens is 3. The first-order chi connectivity index (χ1) is 9.35. The molecule has 1 saturated heterocycles. The summed E-state index contributed by atoms with van der Waals surface area (Å²) < 4.78 is 40.2. The molecule has 1 heterocycles. The lowest BCUT2D eigenvalue weighted by Gasteiger charge is -2.37. The Bertz CT molecular complexity index is 431. The van der Waals surface area contributed by atoms with Gasteiger partial charge in [0.25, 0.3) is 0 Å². The molecule has 0 bridgehead atoms. The van der Waals surface area contributed by atoms with Gasteiger partial charge in [0.1, 0.15) is 5.75 Å². The third kappa shape index (κ3) is 4.03. The molecule has 20 heavy (non-hydrogen) atoms. The zero-order valence-electron chi connectivity index (χ0n) is 11.6. The quantitative estimate of drug-likeness (QED) is 0.925. The third-order valence-corrected chi connectivity index (χ3v) is 3.45. The fraction of sp³-hybridized carbons (Fsp3) is 0.571. The molecule has 0 aliphatic carbocycles. The summed E-state index contributed by atoms with van der Waals surface area (Å²) in [6.45, 7) is 6.90. The normalized spacial score (nSPS) is 20.3. The highest BCUT2D eigenvalue weighted by Crippen LogP contribution is 2.26. The van der Waals surface area contributed by atoms with Crippen molar-refractivity contribution < 1.29 is 17.9 Å². The number of ether oxygens (including phenoxy) is 1. The molecule has 1 aromatic rings. The summed E-state index contributed by atoms with van der Waals surface area (Å²) in [5.41, 5.74) is 0.923. The standard InChI is InChI=1S/C14H19F3N2O/c1-10(2)13-9-19(8-7-18-13)11-3-5-12(6-4-11)20-14(15,16)17/h3-6,10,13,18H,7-9H2,1-2H3. The molecule has 6 heteroatoms. The second-order valence-corrected chi connectivity index (χ2v) is 5.29. The van der Waals surface area contributed by atoms with E-state index >= 15 is 0 Å². The Kier molecular flexibility index (Phi) is 4.42. The predicted octanol–water partition coefficient (Wildman–Crippen LogP) is 3.02. The average Bonchev–Trinajstić information content (AvgIpc) is 2.38. The van der Waals surface area contributed by atoms with Crippen molar-refractivity contribution >= 4 is 5.69 Å². The fourth-order valence-corrected chi connectivity index (χ4v) is 2.32. The molecule has 1 unspecified atom stereocenters. The Hall–Kier alpha value is -1.43. The molecule has 0 radical (unpaired) electrons. The second-order valence-electron chi connectivity index (χ2n) is 5.29. The molecule has 1 aliphatic rings. The minimum Gasteiger partial charge on any atom is -0.406 e. The molecule has 1 aliphatic heterocycles. The van der Waals surface area contributed by atoms with Gasteiger partial charge in [0.2, 0.25) is 0 Å². The largest absolute Gasteiger partial charge is 0.573 e. The lowest BCUT2D eigenvalue weighted by atomic mass is 10.0.